The Morgan fingerprint density at radius 1 is 1.21 bits per heavy atom. The molecule has 2 aromatic rings. The number of carbonyl (C=O) groups is 1. The Morgan fingerprint density at radius 3 is 2.63 bits per heavy atom. The van der Waals surface area contributed by atoms with Crippen molar-refractivity contribution in [2.24, 2.45) is 0 Å². The first-order valence-corrected chi connectivity index (χ1v) is 6.19. The first-order chi connectivity index (χ1) is 9.28. The van der Waals surface area contributed by atoms with Crippen molar-refractivity contribution in [3.05, 3.63) is 59.9 Å². The summed E-state index contributed by atoms with van der Waals surface area (Å²) in [5.41, 5.74) is 2.82. The first-order valence-electron chi connectivity index (χ1n) is 6.19. The van der Waals surface area contributed by atoms with Crippen LogP contribution in [0.15, 0.2) is 48.8 Å². The molecule has 0 unspecified atom stereocenters. The van der Waals surface area contributed by atoms with Crippen LogP contribution in [-0.2, 0) is 17.8 Å². The highest BCUT2D eigenvalue weighted by atomic mass is 16.5. The van der Waals surface area contributed by atoms with Gasteiger partial charge in [-0.2, -0.15) is 0 Å². The molecule has 1 N–H and O–H groups in total. The number of aromatic nitrogens is 1. The zero-order valence-corrected chi connectivity index (χ0v) is 10.8. The van der Waals surface area contributed by atoms with Crippen LogP contribution in [0.5, 0.6) is 0 Å². The molecule has 0 aliphatic carbocycles. The number of carbonyl (C=O) groups excluding carboxylic acids is 1. The van der Waals surface area contributed by atoms with E-state index in [-0.39, 0.29) is 6.61 Å². The fourth-order valence-corrected chi connectivity index (χ4v) is 1.61. The molecule has 0 fully saturated rings. The highest BCUT2D eigenvalue weighted by molar-refractivity contribution is 5.84. The summed E-state index contributed by atoms with van der Waals surface area (Å²) in [7, 11) is 0. The summed E-state index contributed by atoms with van der Waals surface area (Å²) in [6.45, 7) is 2.30. The Bertz CT molecular complexity index is 524. The first kappa shape index (κ1) is 13.1. The van der Waals surface area contributed by atoms with E-state index in [1.807, 2.05) is 30.3 Å². The minimum absolute atomic E-state index is 0.215. The van der Waals surface area contributed by atoms with Gasteiger partial charge in [0.05, 0.1) is 0 Å². The van der Waals surface area contributed by atoms with Gasteiger partial charge in [-0.3, -0.25) is 10.3 Å². The predicted octanol–water partition coefficient (Wildman–Crippen LogP) is 3.39. The van der Waals surface area contributed by atoms with Crippen LogP contribution in [0.1, 0.15) is 18.1 Å². The molecule has 1 heterocycles. The number of pyridine rings is 1. The number of benzene rings is 1. The average molecular weight is 256 g/mol. The minimum atomic E-state index is -0.465. The fraction of sp³-hybridized carbons (Fsp3) is 0.200. The van der Waals surface area contributed by atoms with Crippen molar-refractivity contribution in [1.82, 2.24) is 4.98 Å². The normalized spacial score (nSPS) is 9.95. The lowest BCUT2D eigenvalue weighted by molar-refractivity contribution is 0.155. The molecule has 0 saturated heterocycles. The van der Waals surface area contributed by atoms with Gasteiger partial charge >= 0.3 is 6.09 Å². The zero-order valence-electron chi connectivity index (χ0n) is 10.8. The molecule has 1 amide bonds. The topological polar surface area (TPSA) is 51.2 Å². The Kier molecular flexibility index (Phi) is 4.50. The Labute approximate surface area is 112 Å². The predicted molar refractivity (Wildman–Crippen MR) is 73.9 cm³/mol. The van der Waals surface area contributed by atoms with Crippen LogP contribution in [0.4, 0.5) is 10.5 Å². The molecular weight excluding hydrogens is 240 g/mol. The average Bonchev–Trinajstić information content (AvgIpc) is 2.47. The molecule has 98 valence electrons. The van der Waals surface area contributed by atoms with Crippen LogP contribution in [-0.4, -0.2) is 11.1 Å². The number of hydrogen-bond acceptors (Lipinski definition) is 3. The quantitative estimate of drug-likeness (QED) is 0.912. The second-order valence-electron chi connectivity index (χ2n) is 4.11. The molecule has 4 nitrogen and oxygen atoms in total. The fourth-order valence-electron chi connectivity index (χ4n) is 1.61. The van der Waals surface area contributed by atoms with Crippen LogP contribution in [0.25, 0.3) is 0 Å². The second-order valence-corrected chi connectivity index (χ2v) is 4.11. The smallest absolute Gasteiger partial charge is 0.411 e. The maximum Gasteiger partial charge on any atom is 0.411 e. The van der Waals surface area contributed by atoms with Crippen LogP contribution >= 0.6 is 0 Å². The van der Waals surface area contributed by atoms with Crippen molar-refractivity contribution in [2.75, 3.05) is 5.32 Å². The van der Waals surface area contributed by atoms with E-state index in [1.54, 1.807) is 18.5 Å². The lowest BCUT2D eigenvalue weighted by atomic mass is 10.1. The number of ether oxygens (including phenoxy) is 1. The largest absolute Gasteiger partial charge is 0.444 e. The molecule has 0 saturated carbocycles. The lowest BCUT2D eigenvalue weighted by Crippen LogP contribution is -2.13. The monoisotopic (exact) mass is 256 g/mol. The van der Waals surface area contributed by atoms with Gasteiger partial charge in [0.15, 0.2) is 0 Å². The maximum absolute atomic E-state index is 11.6. The third-order valence-corrected chi connectivity index (χ3v) is 2.70. The molecule has 19 heavy (non-hydrogen) atoms. The van der Waals surface area contributed by atoms with Gasteiger partial charge in [0.25, 0.3) is 0 Å². The Morgan fingerprint density at radius 2 is 2.00 bits per heavy atom. The molecule has 4 heteroatoms. The molecule has 1 aromatic carbocycles. The van der Waals surface area contributed by atoms with E-state index in [0.717, 1.165) is 17.7 Å². The number of aryl methyl sites for hydroxylation is 1. The molecule has 0 atom stereocenters. The standard InChI is InChI=1S/C15H16N2O2/c1-2-12-5-7-14(8-6-12)17-15(18)19-11-13-4-3-9-16-10-13/h3-10H,2,11H2,1H3,(H,17,18). The molecule has 0 bridgehead atoms. The van der Waals surface area contributed by atoms with Crippen molar-refractivity contribution < 1.29 is 9.53 Å². The van der Waals surface area contributed by atoms with Gasteiger partial charge in [-0.1, -0.05) is 25.1 Å². The van der Waals surface area contributed by atoms with E-state index in [1.165, 1.54) is 5.56 Å². The summed E-state index contributed by atoms with van der Waals surface area (Å²) in [5.74, 6) is 0. The Hall–Kier alpha value is -2.36. The SMILES string of the molecule is CCc1ccc(NC(=O)OCc2cccnc2)cc1. The lowest BCUT2D eigenvalue weighted by Gasteiger charge is -2.07. The molecule has 0 aliphatic rings. The number of nitrogens with zero attached hydrogens (tertiary/aromatic N) is 1. The Balaban J connectivity index is 1.83. The van der Waals surface area contributed by atoms with E-state index in [2.05, 4.69) is 17.2 Å². The maximum atomic E-state index is 11.6. The summed E-state index contributed by atoms with van der Waals surface area (Å²) in [4.78, 5) is 15.5. The number of anilines is 1. The third-order valence-electron chi connectivity index (χ3n) is 2.70. The van der Waals surface area contributed by atoms with Gasteiger partial charge in [-0.05, 0) is 30.2 Å². The molecule has 1 aromatic heterocycles. The third kappa shape index (κ3) is 4.10. The summed E-state index contributed by atoms with van der Waals surface area (Å²) >= 11 is 0. The number of hydrogen-bond donors (Lipinski definition) is 1. The van der Waals surface area contributed by atoms with Crippen molar-refractivity contribution >= 4 is 11.8 Å². The van der Waals surface area contributed by atoms with Gasteiger partial charge in [0, 0.05) is 23.6 Å². The highest BCUT2D eigenvalue weighted by Crippen LogP contribution is 2.10. The molecule has 2 rings (SSSR count). The van der Waals surface area contributed by atoms with E-state index < -0.39 is 6.09 Å². The molecule has 0 spiro atoms. The highest BCUT2D eigenvalue weighted by Gasteiger charge is 2.03. The summed E-state index contributed by atoms with van der Waals surface area (Å²) in [6, 6.07) is 11.4. The summed E-state index contributed by atoms with van der Waals surface area (Å²) in [6.07, 6.45) is 3.86. The van der Waals surface area contributed by atoms with E-state index >= 15 is 0 Å². The minimum Gasteiger partial charge on any atom is -0.444 e. The van der Waals surface area contributed by atoms with Crippen LogP contribution < -0.4 is 5.32 Å². The van der Waals surface area contributed by atoms with Crippen LogP contribution in [0.3, 0.4) is 0 Å². The van der Waals surface area contributed by atoms with Crippen molar-refractivity contribution in [1.29, 1.82) is 0 Å². The van der Waals surface area contributed by atoms with Gasteiger partial charge in [0.2, 0.25) is 0 Å². The number of rotatable bonds is 4. The molecular formula is C15H16N2O2. The van der Waals surface area contributed by atoms with Gasteiger partial charge in [-0.25, -0.2) is 4.79 Å². The molecule has 0 radical (unpaired) electrons. The van der Waals surface area contributed by atoms with Crippen molar-refractivity contribution in [3.63, 3.8) is 0 Å². The number of amides is 1. The number of nitrogens with one attached hydrogen (secondary N) is 1. The van der Waals surface area contributed by atoms with E-state index in [9.17, 15) is 4.79 Å². The van der Waals surface area contributed by atoms with E-state index in [4.69, 9.17) is 4.74 Å². The zero-order chi connectivity index (χ0) is 13.5. The van der Waals surface area contributed by atoms with Gasteiger partial charge < -0.3 is 4.74 Å². The summed E-state index contributed by atoms with van der Waals surface area (Å²) in [5, 5.41) is 2.68. The van der Waals surface area contributed by atoms with Crippen LogP contribution in [0, 0.1) is 0 Å². The van der Waals surface area contributed by atoms with Gasteiger partial charge in [-0.15, -0.1) is 0 Å². The van der Waals surface area contributed by atoms with E-state index in [0.29, 0.717) is 0 Å². The molecule has 0 aliphatic heterocycles. The summed E-state index contributed by atoms with van der Waals surface area (Å²) < 4.78 is 5.10. The van der Waals surface area contributed by atoms with Crippen LogP contribution in [0.2, 0.25) is 0 Å². The van der Waals surface area contributed by atoms with Gasteiger partial charge in [0.1, 0.15) is 6.61 Å². The van der Waals surface area contributed by atoms with Crippen molar-refractivity contribution in [3.8, 4) is 0 Å². The van der Waals surface area contributed by atoms with Crippen molar-refractivity contribution in [2.45, 2.75) is 20.0 Å². The second kappa shape index (κ2) is 6.54.